The summed E-state index contributed by atoms with van der Waals surface area (Å²) in [5, 5.41) is 0. The van der Waals surface area contributed by atoms with Crippen molar-refractivity contribution in [2.24, 2.45) is 0 Å². The summed E-state index contributed by atoms with van der Waals surface area (Å²) in [6.45, 7) is 2.27. The van der Waals surface area contributed by atoms with E-state index in [2.05, 4.69) is 19.1 Å². The molecule has 0 N–H and O–H groups in total. The molecule has 0 amide bonds. The summed E-state index contributed by atoms with van der Waals surface area (Å²) in [5.74, 6) is 0. The van der Waals surface area contributed by atoms with Crippen LogP contribution in [0.2, 0.25) is 0 Å². The van der Waals surface area contributed by atoms with Crippen molar-refractivity contribution in [3.8, 4) is 0 Å². The van der Waals surface area contributed by atoms with Gasteiger partial charge in [-0.15, -0.1) is 0 Å². The Kier molecular flexibility index (Phi) is 17.9. The molecular formula is C20H34O. The predicted octanol–water partition coefficient (Wildman–Crippen LogP) is 6.56. The molecule has 1 heteroatoms. The van der Waals surface area contributed by atoms with Crippen LogP contribution < -0.4 is 0 Å². The van der Waals surface area contributed by atoms with Gasteiger partial charge in [0.05, 0.1) is 0 Å². The fourth-order valence-electron chi connectivity index (χ4n) is 2.27. The third-order valence-corrected chi connectivity index (χ3v) is 3.56. The van der Waals surface area contributed by atoms with Crippen molar-refractivity contribution in [3.05, 3.63) is 36.5 Å². The van der Waals surface area contributed by atoms with E-state index >= 15 is 0 Å². The van der Waals surface area contributed by atoms with E-state index in [4.69, 9.17) is 0 Å². The van der Waals surface area contributed by atoms with Crippen LogP contribution in [-0.4, -0.2) is 6.29 Å². The largest absolute Gasteiger partial charge is 0.303 e. The maximum Gasteiger partial charge on any atom is 0.123 e. The van der Waals surface area contributed by atoms with Gasteiger partial charge >= 0.3 is 0 Å². The molecule has 0 aromatic heterocycles. The van der Waals surface area contributed by atoms with Gasteiger partial charge in [-0.1, -0.05) is 101 Å². The van der Waals surface area contributed by atoms with Crippen LogP contribution in [0.25, 0.3) is 0 Å². The third kappa shape index (κ3) is 18.9. The second kappa shape index (κ2) is 18.9. The van der Waals surface area contributed by atoms with Gasteiger partial charge in [-0.3, -0.25) is 0 Å². The minimum atomic E-state index is 0.507. The number of carbonyl (C=O) groups excluding carboxylic acids is 1. The van der Waals surface area contributed by atoms with Crippen molar-refractivity contribution in [2.45, 2.75) is 84.0 Å². The fraction of sp³-hybridized carbons (Fsp3) is 0.650. The molecule has 0 aliphatic rings. The second-order valence-corrected chi connectivity index (χ2v) is 5.61. The topological polar surface area (TPSA) is 17.1 Å². The summed E-state index contributed by atoms with van der Waals surface area (Å²) in [6.07, 6.45) is 28.7. The molecule has 0 aromatic carbocycles. The lowest BCUT2D eigenvalue weighted by atomic mass is 10.1. The minimum Gasteiger partial charge on any atom is -0.303 e. The number of allylic oxidation sites excluding steroid dienone is 6. The zero-order valence-corrected chi connectivity index (χ0v) is 13.9. The van der Waals surface area contributed by atoms with Gasteiger partial charge in [0, 0.05) is 6.42 Å². The maximum absolute atomic E-state index is 10.1. The molecule has 0 heterocycles. The molecule has 0 spiro atoms. The lowest BCUT2D eigenvalue weighted by molar-refractivity contribution is -0.107. The molecule has 0 unspecified atom stereocenters. The van der Waals surface area contributed by atoms with E-state index in [1.807, 2.05) is 24.3 Å². The molecule has 0 fully saturated rings. The van der Waals surface area contributed by atoms with Gasteiger partial charge in [0.15, 0.2) is 0 Å². The predicted molar refractivity (Wildman–Crippen MR) is 94.6 cm³/mol. The highest BCUT2D eigenvalue weighted by Crippen LogP contribution is 2.11. The van der Waals surface area contributed by atoms with Gasteiger partial charge in [0.25, 0.3) is 0 Å². The van der Waals surface area contributed by atoms with Crippen LogP contribution in [0.5, 0.6) is 0 Å². The van der Waals surface area contributed by atoms with Gasteiger partial charge in [0.1, 0.15) is 6.29 Å². The highest BCUT2D eigenvalue weighted by Gasteiger charge is 1.91. The number of aldehydes is 1. The highest BCUT2D eigenvalue weighted by atomic mass is 16.1. The van der Waals surface area contributed by atoms with E-state index in [9.17, 15) is 4.79 Å². The van der Waals surface area contributed by atoms with E-state index in [1.54, 1.807) is 0 Å². The summed E-state index contributed by atoms with van der Waals surface area (Å²) >= 11 is 0. The molecule has 0 aliphatic heterocycles. The Morgan fingerprint density at radius 1 is 0.619 bits per heavy atom. The molecule has 1 nitrogen and oxygen atoms in total. The first-order valence-electron chi connectivity index (χ1n) is 8.83. The van der Waals surface area contributed by atoms with Crippen molar-refractivity contribution in [3.63, 3.8) is 0 Å². The van der Waals surface area contributed by atoms with Crippen molar-refractivity contribution < 1.29 is 4.79 Å². The molecule has 0 radical (unpaired) electrons. The van der Waals surface area contributed by atoms with Gasteiger partial charge in [-0.05, 0) is 12.8 Å². The Morgan fingerprint density at radius 2 is 1.14 bits per heavy atom. The Hall–Kier alpha value is -1.11. The van der Waals surface area contributed by atoms with Crippen LogP contribution in [0.4, 0.5) is 0 Å². The summed E-state index contributed by atoms with van der Waals surface area (Å²) in [4.78, 5) is 10.1. The van der Waals surface area contributed by atoms with Crippen LogP contribution in [0, 0.1) is 0 Å². The number of rotatable bonds is 15. The monoisotopic (exact) mass is 290 g/mol. The van der Waals surface area contributed by atoms with Gasteiger partial charge in [0.2, 0.25) is 0 Å². The van der Waals surface area contributed by atoms with E-state index in [0.29, 0.717) is 6.42 Å². The smallest absolute Gasteiger partial charge is 0.123 e. The molecule has 0 rings (SSSR count). The van der Waals surface area contributed by atoms with Crippen LogP contribution in [0.3, 0.4) is 0 Å². The van der Waals surface area contributed by atoms with E-state index in [1.165, 1.54) is 70.6 Å². The summed E-state index contributed by atoms with van der Waals surface area (Å²) in [6, 6.07) is 0. The fourth-order valence-corrected chi connectivity index (χ4v) is 2.27. The molecule has 0 atom stereocenters. The molecule has 0 bridgehead atoms. The zero-order valence-electron chi connectivity index (χ0n) is 13.9. The van der Waals surface area contributed by atoms with Gasteiger partial charge in [-0.25, -0.2) is 0 Å². The number of hydrogen-bond donors (Lipinski definition) is 0. The van der Waals surface area contributed by atoms with Crippen molar-refractivity contribution in [1.29, 1.82) is 0 Å². The number of unbranched alkanes of at least 4 members (excludes halogenated alkanes) is 10. The van der Waals surface area contributed by atoms with Crippen LogP contribution in [0.1, 0.15) is 84.0 Å². The standard InChI is InChI=1S/C20H34O/c1-2-3-4-5-6-7-8-9-10-11-12-13-14-15-16-17-18-19-20-21/h13-18,20H,2-12,19H2,1H3. The quantitative estimate of drug-likeness (QED) is 0.190. The average Bonchev–Trinajstić information content (AvgIpc) is 2.50. The molecule has 0 saturated carbocycles. The van der Waals surface area contributed by atoms with Crippen molar-refractivity contribution in [1.82, 2.24) is 0 Å². The zero-order chi connectivity index (χ0) is 15.4. The molecule has 0 aromatic rings. The first kappa shape index (κ1) is 19.9. The van der Waals surface area contributed by atoms with Crippen molar-refractivity contribution >= 4 is 6.29 Å². The summed E-state index contributed by atoms with van der Waals surface area (Å²) in [7, 11) is 0. The van der Waals surface area contributed by atoms with Gasteiger partial charge < -0.3 is 4.79 Å². The van der Waals surface area contributed by atoms with Crippen molar-refractivity contribution in [2.75, 3.05) is 0 Å². The average molecular weight is 290 g/mol. The molecule has 0 aliphatic carbocycles. The van der Waals surface area contributed by atoms with Crippen LogP contribution >= 0.6 is 0 Å². The van der Waals surface area contributed by atoms with Crippen LogP contribution in [0.15, 0.2) is 36.5 Å². The molecule has 120 valence electrons. The minimum absolute atomic E-state index is 0.507. The SMILES string of the molecule is CCCCCCCCCCCCC=CC=CC=CCC=O. The van der Waals surface area contributed by atoms with E-state index in [-0.39, 0.29) is 0 Å². The number of hydrogen-bond acceptors (Lipinski definition) is 1. The Balaban J connectivity index is 3.19. The highest BCUT2D eigenvalue weighted by molar-refractivity contribution is 5.52. The lowest BCUT2D eigenvalue weighted by Crippen LogP contribution is -1.81. The second-order valence-electron chi connectivity index (χ2n) is 5.61. The first-order chi connectivity index (χ1) is 10.4. The molecular weight excluding hydrogens is 256 g/mol. The number of carbonyl (C=O) groups is 1. The Morgan fingerprint density at radius 3 is 1.71 bits per heavy atom. The lowest BCUT2D eigenvalue weighted by Gasteiger charge is -2.01. The first-order valence-corrected chi connectivity index (χ1v) is 8.83. The third-order valence-electron chi connectivity index (χ3n) is 3.56. The Labute approximate surface area is 132 Å². The van der Waals surface area contributed by atoms with E-state index in [0.717, 1.165) is 6.29 Å². The normalized spacial score (nSPS) is 12.0. The maximum atomic E-state index is 10.1. The van der Waals surface area contributed by atoms with E-state index < -0.39 is 0 Å². The Bertz CT molecular complexity index is 286. The molecule has 0 saturated heterocycles. The molecule has 21 heavy (non-hydrogen) atoms. The van der Waals surface area contributed by atoms with Crippen LogP contribution in [-0.2, 0) is 4.79 Å². The summed E-state index contributed by atoms with van der Waals surface area (Å²) < 4.78 is 0. The summed E-state index contributed by atoms with van der Waals surface area (Å²) in [5.41, 5.74) is 0. The van der Waals surface area contributed by atoms with Gasteiger partial charge in [-0.2, -0.15) is 0 Å².